The molecule has 0 amide bonds. The predicted octanol–water partition coefficient (Wildman–Crippen LogP) is 8.28. The Labute approximate surface area is 194 Å². The smallest absolute Gasteiger partial charge is 0.0730 e. The molecular formula is C29H19BrN2. The van der Waals surface area contributed by atoms with Gasteiger partial charge in [0, 0.05) is 26.4 Å². The van der Waals surface area contributed by atoms with E-state index in [0.717, 1.165) is 32.7 Å². The summed E-state index contributed by atoms with van der Waals surface area (Å²) in [6.45, 7) is 0. The summed E-state index contributed by atoms with van der Waals surface area (Å²) in [5, 5.41) is 2.46. The van der Waals surface area contributed by atoms with Crippen LogP contribution in [0.4, 0.5) is 0 Å². The topological polar surface area (TPSA) is 17.8 Å². The SMILES string of the molecule is Brc1cccc2c1c1ccccc1n2-c1cc(-c2ccccc2)nc(-c2ccccc2)c1. The van der Waals surface area contributed by atoms with E-state index in [1.54, 1.807) is 0 Å². The molecule has 0 N–H and O–H groups in total. The summed E-state index contributed by atoms with van der Waals surface area (Å²) in [6, 6.07) is 40.1. The van der Waals surface area contributed by atoms with Crippen LogP contribution in [-0.2, 0) is 0 Å². The van der Waals surface area contributed by atoms with E-state index in [4.69, 9.17) is 4.98 Å². The molecule has 152 valence electrons. The molecule has 0 aliphatic carbocycles. The number of pyridine rings is 1. The van der Waals surface area contributed by atoms with Crippen molar-refractivity contribution >= 4 is 37.7 Å². The molecule has 3 heteroatoms. The second-order valence-electron chi connectivity index (χ2n) is 7.81. The Hall–Kier alpha value is -3.69. The van der Waals surface area contributed by atoms with Crippen molar-refractivity contribution < 1.29 is 0 Å². The maximum Gasteiger partial charge on any atom is 0.0730 e. The fraction of sp³-hybridized carbons (Fsp3) is 0. The highest BCUT2D eigenvalue weighted by Crippen LogP contribution is 2.37. The van der Waals surface area contributed by atoms with Crippen molar-refractivity contribution in [1.29, 1.82) is 0 Å². The van der Waals surface area contributed by atoms with E-state index in [9.17, 15) is 0 Å². The monoisotopic (exact) mass is 474 g/mol. The lowest BCUT2D eigenvalue weighted by molar-refractivity contribution is 1.16. The van der Waals surface area contributed by atoms with Crippen LogP contribution in [0.2, 0.25) is 0 Å². The van der Waals surface area contributed by atoms with Crippen molar-refractivity contribution in [1.82, 2.24) is 9.55 Å². The fourth-order valence-corrected chi connectivity index (χ4v) is 4.98. The van der Waals surface area contributed by atoms with Crippen LogP contribution in [0.15, 0.2) is 120 Å². The van der Waals surface area contributed by atoms with Crippen LogP contribution in [0.5, 0.6) is 0 Å². The van der Waals surface area contributed by atoms with Gasteiger partial charge in [0.1, 0.15) is 0 Å². The van der Waals surface area contributed by atoms with Crippen LogP contribution in [-0.4, -0.2) is 9.55 Å². The van der Waals surface area contributed by atoms with Gasteiger partial charge in [0.2, 0.25) is 0 Å². The lowest BCUT2D eigenvalue weighted by atomic mass is 10.1. The maximum absolute atomic E-state index is 5.04. The molecule has 0 saturated heterocycles. The number of rotatable bonds is 3. The van der Waals surface area contributed by atoms with Gasteiger partial charge < -0.3 is 4.57 Å². The number of fused-ring (bicyclic) bond motifs is 3. The molecule has 0 saturated carbocycles. The van der Waals surface area contributed by atoms with Crippen LogP contribution in [0, 0.1) is 0 Å². The number of hydrogen-bond donors (Lipinski definition) is 0. The molecule has 2 heterocycles. The average Bonchev–Trinajstić information content (AvgIpc) is 3.20. The molecule has 0 bridgehead atoms. The van der Waals surface area contributed by atoms with E-state index in [0.29, 0.717) is 0 Å². The first kappa shape index (κ1) is 19.0. The second kappa shape index (κ2) is 7.77. The van der Waals surface area contributed by atoms with Crippen molar-refractivity contribution in [2.24, 2.45) is 0 Å². The lowest BCUT2D eigenvalue weighted by Gasteiger charge is -2.13. The Kier molecular flexibility index (Phi) is 4.62. The standard InChI is InChI=1S/C29H19BrN2/c30-24-15-9-17-28-29(24)23-14-7-8-16-27(23)32(28)22-18-25(20-10-3-1-4-11-20)31-26(19-22)21-12-5-2-6-13-21/h1-19H. The van der Waals surface area contributed by atoms with E-state index in [-0.39, 0.29) is 0 Å². The van der Waals surface area contributed by atoms with Crippen LogP contribution >= 0.6 is 15.9 Å². The molecule has 2 aromatic heterocycles. The highest BCUT2D eigenvalue weighted by atomic mass is 79.9. The largest absolute Gasteiger partial charge is 0.309 e. The lowest BCUT2D eigenvalue weighted by Crippen LogP contribution is -1.98. The first-order valence-corrected chi connectivity index (χ1v) is 11.4. The highest BCUT2D eigenvalue weighted by molar-refractivity contribution is 9.10. The molecule has 2 nitrogen and oxygen atoms in total. The summed E-state index contributed by atoms with van der Waals surface area (Å²) in [4.78, 5) is 5.04. The number of benzene rings is 4. The third kappa shape index (κ3) is 3.14. The van der Waals surface area contributed by atoms with Gasteiger partial charge in [-0.25, -0.2) is 4.98 Å². The third-order valence-corrected chi connectivity index (χ3v) is 6.52. The quantitative estimate of drug-likeness (QED) is 0.252. The molecule has 0 fully saturated rings. The number of hydrogen-bond acceptors (Lipinski definition) is 1. The second-order valence-corrected chi connectivity index (χ2v) is 8.67. The van der Waals surface area contributed by atoms with E-state index in [1.165, 1.54) is 21.8 Å². The Balaban J connectivity index is 1.71. The normalized spacial score (nSPS) is 11.3. The first-order chi connectivity index (χ1) is 15.8. The molecular weight excluding hydrogens is 456 g/mol. The number of nitrogens with zero attached hydrogens (tertiary/aromatic N) is 2. The van der Waals surface area contributed by atoms with Gasteiger partial charge in [0.25, 0.3) is 0 Å². The van der Waals surface area contributed by atoms with Gasteiger partial charge in [-0.2, -0.15) is 0 Å². The van der Waals surface area contributed by atoms with Crippen molar-refractivity contribution in [2.45, 2.75) is 0 Å². The van der Waals surface area contributed by atoms with Gasteiger partial charge in [0.15, 0.2) is 0 Å². The summed E-state index contributed by atoms with van der Waals surface area (Å²) in [7, 11) is 0. The Bertz CT molecular complexity index is 1510. The van der Waals surface area contributed by atoms with Gasteiger partial charge in [-0.05, 0) is 30.3 Å². The van der Waals surface area contributed by atoms with Crippen molar-refractivity contribution in [2.75, 3.05) is 0 Å². The van der Waals surface area contributed by atoms with Gasteiger partial charge in [-0.3, -0.25) is 0 Å². The molecule has 0 aliphatic heterocycles. The van der Waals surface area contributed by atoms with E-state index in [2.05, 4.69) is 124 Å². The Morgan fingerprint density at radius 3 is 1.78 bits per heavy atom. The minimum absolute atomic E-state index is 0.961. The van der Waals surface area contributed by atoms with Crippen molar-refractivity contribution in [3.63, 3.8) is 0 Å². The zero-order chi connectivity index (χ0) is 21.5. The highest BCUT2D eigenvalue weighted by Gasteiger charge is 2.16. The molecule has 0 radical (unpaired) electrons. The van der Waals surface area contributed by atoms with E-state index in [1.807, 2.05) is 12.1 Å². The Morgan fingerprint density at radius 2 is 1.12 bits per heavy atom. The number of halogens is 1. The molecule has 32 heavy (non-hydrogen) atoms. The van der Waals surface area contributed by atoms with Gasteiger partial charge in [-0.1, -0.05) is 101 Å². The van der Waals surface area contributed by atoms with Crippen LogP contribution in [0.3, 0.4) is 0 Å². The van der Waals surface area contributed by atoms with E-state index >= 15 is 0 Å². The van der Waals surface area contributed by atoms with Crippen LogP contribution in [0.25, 0.3) is 50.0 Å². The molecule has 4 aromatic carbocycles. The Morgan fingerprint density at radius 1 is 0.562 bits per heavy atom. The fourth-order valence-electron chi connectivity index (χ4n) is 4.41. The first-order valence-electron chi connectivity index (χ1n) is 10.6. The van der Waals surface area contributed by atoms with Crippen LogP contribution in [0.1, 0.15) is 0 Å². The zero-order valence-corrected chi connectivity index (χ0v) is 18.8. The molecule has 6 rings (SSSR count). The third-order valence-electron chi connectivity index (χ3n) is 5.85. The molecule has 0 aliphatic rings. The maximum atomic E-state index is 5.04. The van der Waals surface area contributed by atoms with Crippen molar-refractivity contribution in [3.8, 4) is 28.2 Å². The average molecular weight is 475 g/mol. The van der Waals surface area contributed by atoms with Gasteiger partial charge >= 0.3 is 0 Å². The minimum atomic E-state index is 0.961. The van der Waals surface area contributed by atoms with Gasteiger partial charge in [-0.15, -0.1) is 0 Å². The number of aromatic nitrogens is 2. The van der Waals surface area contributed by atoms with Gasteiger partial charge in [0.05, 0.1) is 28.1 Å². The van der Waals surface area contributed by atoms with Crippen molar-refractivity contribution in [3.05, 3.63) is 120 Å². The summed E-state index contributed by atoms with van der Waals surface area (Å²) in [5.41, 5.74) is 7.58. The summed E-state index contributed by atoms with van der Waals surface area (Å²) >= 11 is 3.78. The molecule has 0 atom stereocenters. The zero-order valence-electron chi connectivity index (χ0n) is 17.2. The molecule has 0 spiro atoms. The van der Waals surface area contributed by atoms with E-state index < -0.39 is 0 Å². The molecule has 6 aromatic rings. The number of para-hydroxylation sites is 1. The summed E-state index contributed by atoms with van der Waals surface area (Å²) in [5.74, 6) is 0. The summed E-state index contributed by atoms with van der Waals surface area (Å²) < 4.78 is 3.45. The minimum Gasteiger partial charge on any atom is -0.309 e. The summed E-state index contributed by atoms with van der Waals surface area (Å²) in [6.07, 6.45) is 0. The van der Waals surface area contributed by atoms with Crippen LogP contribution < -0.4 is 0 Å². The molecule has 0 unspecified atom stereocenters. The predicted molar refractivity (Wildman–Crippen MR) is 137 cm³/mol.